The van der Waals surface area contributed by atoms with Gasteiger partial charge in [-0.15, -0.1) is 0 Å². The van der Waals surface area contributed by atoms with Gasteiger partial charge < -0.3 is 10.5 Å². The number of nitrogens with two attached hydrogens (primary N) is 1. The van der Waals surface area contributed by atoms with Crippen molar-refractivity contribution in [3.63, 3.8) is 0 Å². The van der Waals surface area contributed by atoms with Gasteiger partial charge in [0, 0.05) is 24.9 Å². The summed E-state index contributed by atoms with van der Waals surface area (Å²) in [6, 6.07) is 6.30. The van der Waals surface area contributed by atoms with Gasteiger partial charge in [0.05, 0.1) is 11.5 Å². The van der Waals surface area contributed by atoms with Gasteiger partial charge in [0.25, 0.3) is 0 Å². The van der Waals surface area contributed by atoms with Crippen LogP contribution in [0.15, 0.2) is 29.2 Å². The summed E-state index contributed by atoms with van der Waals surface area (Å²) in [4.78, 5) is 0.291. The Labute approximate surface area is 153 Å². The van der Waals surface area contributed by atoms with E-state index in [9.17, 15) is 8.42 Å². The molecule has 2 N–H and O–H groups in total. The molecule has 0 bridgehead atoms. The molecule has 0 aliphatic heterocycles. The van der Waals surface area contributed by atoms with Gasteiger partial charge in [0.1, 0.15) is 0 Å². The normalized spacial score (nSPS) is 13.5. The van der Waals surface area contributed by atoms with Gasteiger partial charge in [0.15, 0.2) is 0 Å². The van der Waals surface area contributed by atoms with Crippen LogP contribution in [0.5, 0.6) is 0 Å². The fourth-order valence-electron chi connectivity index (χ4n) is 2.77. The highest BCUT2D eigenvalue weighted by atomic mass is 32.2. The van der Waals surface area contributed by atoms with Crippen LogP contribution in [0.2, 0.25) is 0 Å². The topological polar surface area (TPSA) is 72.6 Å². The predicted molar refractivity (Wildman–Crippen MR) is 104 cm³/mol. The van der Waals surface area contributed by atoms with Crippen LogP contribution in [0.1, 0.15) is 53.4 Å². The smallest absolute Gasteiger partial charge is 0.243 e. The lowest BCUT2D eigenvalue weighted by Gasteiger charge is -2.32. The Morgan fingerprint density at radius 1 is 1.12 bits per heavy atom. The van der Waals surface area contributed by atoms with Gasteiger partial charge in [-0.3, -0.25) is 0 Å². The molecule has 0 fully saturated rings. The maximum absolute atomic E-state index is 13.2. The van der Waals surface area contributed by atoms with Crippen LogP contribution in [-0.4, -0.2) is 38.5 Å². The molecule has 1 aromatic carbocycles. The molecule has 0 saturated heterocycles. The van der Waals surface area contributed by atoms with Crippen LogP contribution < -0.4 is 5.73 Å². The highest BCUT2D eigenvalue weighted by Gasteiger charge is 2.31. The summed E-state index contributed by atoms with van der Waals surface area (Å²) in [5.74, 6) is 0.235. The van der Waals surface area contributed by atoms with Crippen molar-refractivity contribution in [2.75, 3.05) is 25.5 Å². The first kappa shape index (κ1) is 21.9. The van der Waals surface area contributed by atoms with Gasteiger partial charge in [-0.2, -0.15) is 4.31 Å². The van der Waals surface area contributed by atoms with Gasteiger partial charge >= 0.3 is 0 Å². The molecule has 5 nitrogen and oxygen atoms in total. The summed E-state index contributed by atoms with van der Waals surface area (Å²) in [7, 11) is -3.58. The summed E-state index contributed by atoms with van der Waals surface area (Å²) in [5, 5.41) is 0. The number of hydrogen-bond donors (Lipinski definition) is 1. The minimum absolute atomic E-state index is 0.142. The van der Waals surface area contributed by atoms with E-state index in [0.717, 1.165) is 25.7 Å². The molecule has 1 atom stereocenters. The molecule has 0 spiro atoms. The number of hydrogen-bond acceptors (Lipinski definition) is 4. The molecular formula is C19H34N2O3S. The van der Waals surface area contributed by atoms with E-state index in [2.05, 4.69) is 6.92 Å². The second kappa shape index (κ2) is 10.8. The van der Waals surface area contributed by atoms with E-state index in [-0.39, 0.29) is 12.0 Å². The third kappa shape index (κ3) is 6.96. The highest BCUT2D eigenvalue weighted by Crippen LogP contribution is 2.24. The Hall–Kier alpha value is -1.11. The Morgan fingerprint density at radius 2 is 1.76 bits per heavy atom. The van der Waals surface area contributed by atoms with Crippen LogP contribution >= 0.6 is 0 Å². The molecule has 1 aromatic rings. The second-order valence-corrected chi connectivity index (χ2v) is 8.74. The van der Waals surface area contributed by atoms with Crippen molar-refractivity contribution in [2.45, 2.75) is 64.3 Å². The lowest BCUT2D eigenvalue weighted by molar-refractivity contribution is 0.0894. The van der Waals surface area contributed by atoms with Crippen LogP contribution in [0, 0.1) is 5.92 Å². The zero-order valence-corrected chi connectivity index (χ0v) is 16.9. The minimum atomic E-state index is -3.58. The predicted octanol–water partition coefficient (Wildman–Crippen LogP) is 3.90. The first-order chi connectivity index (χ1) is 11.8. The molecule has 0 unspecified atom stereocenters. The number of unbranched alkanes of at least 4 members (excludes halogenated alkanes) is 2. The molecule has 25 heavy (non-hydrogen) atoms. The Balaban J connectivity index is 3.14. The van der Waals surface area contributed by atoms with Crippen molar-refractivity contribution in [1.29, 1.82) is 0 Å². The highest BCUT2D eigenvalue weighted by molar-refractivity contribution is 7.89. The zero-order chi connectivity index (χ0) is 18.9. The molecule has 0 aromatic heterocycles. The molecule has 144 valence electrons. The monoisotopic (exact) mass is 370 g/mol. The molecule has 0 aliphatic carbocycles. The van der Waals surface area contributed by atoms with Gasteiger partial charge in [-0.25, -0.2) is 8.42 Å². The minimum Gasteiger partial charge on any atom is -0.399 e. The fourth-order valence-corrected chi connectivity index (χ4v) is 4.58. The van der Waals surface area contributed by atoms with Crippen molar-refractivity contribution >= 4 is 15.7 Å². The first-order valence-corrected chi connectivity index (χ1v) is 10.7. The summed E-state index contributed by atoms with van der Waals surface area (Å²) in [6.45, 7) is 9.66. The van der Waals surface area contributed by atoms with Crippen LogP contribution in [-0.2, 0) is 14.8 Å². The van der Waals surface area contributed by atoms with E-state index in [4.69, 9.17) is 10.5 Å². The SMILES string of the molecule is CCCCC[C@@H](COCC)N(CC(C)C)S(=O)(=O)c1ccc(N)cc1. The van der Waals surface area contributed by atoms with E-state index < -0.39 is 10.0 Å². The summed E-state index contributed by atoms with van der Waals surface area (Å²) in [5.41, 5.74) is 6.26. The molecule has 0 amide bonds. The van der Waals surface area contributed by atoms with Crippen LogP contribution in [0.3, 0.4) is 0 Å². The lowest BCUT2D eigenvalue weighted by Crippen LogP contribution is -2.45. The molecule has 6 heteroatoms. The quantitative estimate of drug-likeness (QED) is 0.447. The van der Waals surface area contributed by atoms with Gasteiger partial charge in [-0.05, 0) is 43.5 Å². The zero-order valence-electron chi connectivity index (χ0n) is 16.1. The second-order valence-electron chi connectivity index (χ2n) is 6.85. The number of nitrogens with zero attached hydrogens (tertiary/aromatic N) is 1. The van der Waals surface area contributed by atoms with Crippen LogP contribution in [0.25, 0.3) is 0 Å². The first-order valence-electron chi connectivity index (χ1n) is 9.28. The van der Waals surface area contributed by atoms with Gasteiger partial charge in [-0.1, -0.05) is 40.0 Å². The van der Waals surface area contributed by atoms with Crippen molar-refractivity contribution < 1.29 is 13.2 Å². The van der Waals surface area contributed by atoms with E-state index in [1.807, 2.05) is 20.8 Å². The third-order valence-corrected chi connectivity index (χ3v) is 6.03. The molecule has 1 rings (SSSR count). The van der Waals surface area contributed by atoms with Gasteiger partial charge in [0.2, 0.25) is 10.0 Å². The third-order valence-electron chi connectivity index (χ3n) is 4.09. The van der Waals surface area contributed by atoms with Crippen molar-refractivity contribution in [1.82, 2.24) is 4.31 Å². The standard InChI is InChI=1S/C19H34N2O3S/c1-5-7-8-9-18(15-24-6-2)21(14-16(3)4)25(22,23)19-12-10-17(20)11-13-19/h10-13,16,18H,5-9,14-15,20H2,1-4H3/t18-/m0/s1. The molecular weight excluding hydrogens is 336 g/mol. The summed E-state index contributed by atoms with van der Waals surface area (Å²) >= 11 is 0. The Bertz CT molecular complexity index is 585. The number of sulfonamides is 1. The van der Waals surface area contributed by atoms with Crippen molar-refractivity contribution in [2.24, 2.45) is 5.92 Å². The number of rotatable bonds is 12. The summed E-state index contributed by atoms with van der Waals surface area (Å²) in [6.07, 6.45) is 4.02. The molecule has 0 saturated carbocycles. The molecule has 0 radical (unpaired) electrons. The molecule has 0 aliphatic rings. The van der Waals surface area contributed by atoms with Crippen molar-refractivity contribution in [3.8, 4) is 0 Å². The number of benzene rings is 1. The lowest BCUT2D eigenvalue weighted by atomic mass is 10.1. The largest absolute Gasteiger partial charge is 0.399 e. The number of nitrogen functional groups attached to an aromatic ring is 1. The Morgan fingerprint density at radius 3 is 2.28 bits per heavy atom. The molecule has 0 heterocycles. The fraction of sp³-hybridized carbons (Fsp3) is 0.684. The van der Waals surface area contributed by atoms with E-state index in [0.29, 0.717) is 30.3 Å². The van der Waals surface area contributed by atoms with E-state index in [1.165, 1.54) is 0 Å². The number of anilines is 1. The maximum Gasteiger partial charge on any atom is 0.243 e. The van der Waals surface area contributed by atoms with Crippen LogP contribution in [0.4, 0.5) is 5.69 Å². The van der Waals surface area contributed by atoms with E-state index in [1.54, 1.807) is 28.6 Å². The van der Waals surface area contributed by atoms with E-state index >= 15 is 0 Å². The number of ether oxygens (including phenoxy) is 1. The summed E-state index contributed by atoms with van der Waals surface area (Å²) < 4.78 is 33.7. The van der Waals surface area contributed by atoms with Crippen molar-refractivity contribution in [3.05, 3.63) is 24.3 Å². The maximum atomic E-state index is 13.2. The average molecular weight is 371 g/mol. The Kier molecular flexibility index (Phi) is 9.46. The average Bonchev–Trinajstić information content (AvgIpc) is 2.56.